The van der Waals surface area contributed by atoms with Crippen molar-refractivity contribution in [1.29, 1.82) is 0 Å². The van der Waals surface area contributed by atoms with Gasteiger partial charge >= 0.3 is 5.97 Å². The first-order valence-electron chi connectivity index (χ1n) is 12.2. The Bertz CT molecular complexity index is 1420. The average molecular weight is 514 g/mol. The number of nitrogens with one attached hydrogen (secondary N) is 1. The van der Waals surface area contributed by atoms with Gasteiger partial charge in [-0.15, -0.1) is 0 Å². The van der Waals surface area contributed by atoms with Crippen molar-refractivity contribution in [3.63, 3.8) is 0 Å². The maximum Gasteiger partial charge on any atom is 0.306 e. The zero-order valence-electron chi connectivity index (χ0n) is 21.1. The Kier molecular flexibility index (Phi) is 7.08. The Balaban J connectivity index is 1.39. The van der Waals surface area contributed by atoms with Gasteiger partial charge in [-0.1, -0.05) is 36.4 Å². The topological polar surface area (TPSA) is 107 Å². The monoisotopic (exact) mass is 513 g/mol. The second-order valence-electron chi connectivity index (χ2n) is 8.99. The number of anilines is 2. The van der Waals surface area contributed by atoms with E-state index in [1.54, 1.807) is 35.4 Å². The molecule has 5 rings (SSSR count). The summed E-state index contributed by atoms with van der Waals surface area (Å²) in [5, 5.41) is 2.79. The van der Waals surface area contributed by atoms with Crippen LogP contribution in [0.15, 0.2) is 65.7 Å². The normalized spacial score (nSPS) is 15.2. The van der Waals surface area contributed by atoms with Gasteiger partial charge in [0.25, 0.3) is 5.91 Å². The minimum absolute atomic E-state index is 0.00350. The highest BCUT2D eigenvalue weighted by molar-refractivity contribution is 6.15. The van der Waals surface area contributed by atoms with E-state index in [4.69, 9.17) is 9.47 Å². The summed E-state index contributed by atoms with van der Waals surface area (Å²) >= 11 is 0. The van der Waals surface area contributed by atoms with Crippen LogP contribution in [0.1, 0.15) is 34.3 Å². The molecule has 3 aromatic rings. The van der Waals surface area contributed by atoms with Crippen LogP contribution in [0.2, 0.25) is 0 Å². The van der Waals surface area contributed by atoms with Crippen molar-refractivity contribution in [2.45, 2.75) is 31.9 Å². The lowest BCUT2D eigenvalue weighted by Gasteiger charge is -2.22. The third-order valence-corrected chi connectivity index (χ3v) is 6.53. The zero-order valence-corrected chi connectivity index (χ0v) is 21.1. The number of aliphatic imine (C=N–C) groups is 1. The molecule has 0 aromatic heterocycles. The van der Waals surface area contributed by atoms with E-state index in [2.05, 4.69) is 15.0 Å². The van der Waals surface area contributed by atoms with Crippen LogP contribution in [0.3, 0.4) is 0 Å². The molecule has 0 radical (unpaired) electrons. The third kappa shape index (κ3) is 5.08. The first-order valence-corrected chi connectivity index (χ1v) is 12.2. The molecule has 2 amide bonds. The molecule has 2 heterocycles. The standard InChI is InChI=1S/C29H27N3O6/c1-36-25-14-22-23(15-26(25)38-17-18-6-4-3-5-7-18)30-16-21-12-19-8-9-20(13-24(19)32(21)29(22)35)31-27(33)10-11-28(34)37-2/h3-9,13-16,21H,10-12,17H2,1-2H3,(H,31,33). The van der Waals surface area contributed by atoms with Crippen LogP contribution in [0.5, 0.6) is 11.5 Å². The Hall–Kier alpha value is -4.66. The molecule has 0 aliphatic carbocycles. The molecule has 0 spiro atoms. The van der Waals surface area contributed by atoms with Crippen molar-refractivity contribution in [2.75, 3.05) is 24.4 Å². The van der Waals surface area contributed by atoms with Crippen LogP contribution < -0.4 is 19.7 Å². The molecule has 3 aromatic carbocycles. The molecule has 0 bridgehead atoms. The van der Waals surface area contributed by atoms with Gasteiger partial charge in [-0.3, -0.25) is 24.3 Å². The van der Waals surface area contributed by atoms with Crippen LogP contribution in [-0.4, -0.2) is 44.3 Å². The van der Waals surface area contributed by atoms with Crippen LogP contribution in [0, 0.1) is 0 Å². The molecule has 1 atom stereocenters. The molecule has 1 N–H and O–H groups in total. The molecular formula is C29H27N3O6. The molecule has 2 aliphatic heterocycles. The fourth-order valence-electron chi connectivity index (χ4n) is 4.59. The van der Waals surface area contributed by atoms with Gasteiger partial charge in [0.15, 0.2) is 11.5 Å². The van der Waals surface area contributed by atoms with E-state index in [9.17, 15) is 14.4 Å². The predicted octanol–water partition coefficient (Wildman–Crippen LogP) is 4.45. The number of carbonyl (C=O) groups is 3. The number of ether oxygens (including phenoxy) is 3. The van der Waals surface area contributed by atoms with E-state index < -0.39 is 5.97 Å². The van der Waals surface area contributed by atoms with E-state index >= 15 is 0 Å². The highest BCUT2D eigenvalue weighted by Crippen LogP contribution is 2.41. The second kappa shape index (κ2) is 10.8. The average Bonchev–Trinajstić information content (AvgIpc) is 3.24. The summed E-state index contributed by atoms with van der Waals surface area (Å²) in [6.45, 7) is 0.351. The number of rotatable bonds is 8. The van der Waals surface area contributed by atoms with E-state index in [1.807, 2.05) is 36.4 Å². The lowest BCUT2D eigenvalue weighted by molar-refractivity contribution is -0.141. The van der Waals surface area contributed by atoms with Crippen LogP contribution in [0.25, 0.3) is 0 Å². The number of benzene rings is 3. The second-order valence-corrected chi connectivity index (χ2v) is 8.99. The maximum atomic E-state index is 13.8. The quantitative estimate of drug-likeness (QED) is 0.446. The van der Waals surface area contributed by atoms with Crippen molar-refractivity contribution >= 4 is 41.1 Å². The van der Waals surface area contributed by atoms with Crippen molar-refractivity contribution in [1.82, 2.24) is 0 Å². The molecule has 194 valence electrons. The van der Waals surface area contributed by atoms with Gasteiger partial charge in [0.2, 0.25) is 5.91 Å². The Morgan fingerprint density at radius 1 is 1.03 bits per heavy atom. The third-order valence-electron chi connectivity index (χ3n) is 6.53. The number of fused-ring (bicyclic) bond motifs is 4. The number of amides is 2. The molecule has 0 saturated heterocycles. The fourth-order valence-corrected chi connectivity index (χ4v) is 4.59. The van der Waals surface area contributed by atoms with E-state index in [-0.39, 0.29) is 30.7 Å². The van der Waals surface area contributed by atoms with Crippen LogP contribution in [0.4, 0.5) is 17.1 Å². The summed E-state index contributed by atoms with van der Waals surface area (Å²) in [5.74, 6) is -0.0450. The van der Waals surface area contributed by atoms with Crippen LogP contribution in [-0.2, 0) is 27.4 Å². The summed E-state index contributed by atoms with van der Waals surface area (Å²) in [7, 11) is 2.82. The number of carbonyl (C=O) groups excluding carboxylic acids is 3. The fraction of sp³-hybridized carbons (Fsp3) is 0.241. The van der Waals surface area contributed by atoms with Gasteiger partial charge in [0.1, 0.15) is 6.61 Å². The summed E-state index contributed by atoms with van der Waals surface area (Å²) in [6, 6.07) is 18.4. The van der Waals surface area contributed by atoms with Crippen molar-refractivity contribution in [3.05, 3.63) is 77.4 Å². The number of hydrogen-bond acceptors (Lipinski definition) is 7. The summed E-state index contributed by atoms with van der Waals surface area (Å²) < 4.78 is 16.1. The van der Waals surface area contributed by atoms with Crippen molar-refractivity contribution in [3.8, 4) is 11.5 Å². The number of methoxy groups -OCH3 is 2. The molecule has 0 saturated carbocycles. The van der Waals surface area contributed by atoms with Gasteiger partial charge in [-0.05, 0) is 29.3 Å². The lowest BCUT2D eigenvalue weighted by Crippen LogP contribution is -2.37. The molecular weight excluding hydrogens is 486 g/mol. The lowest BCUT2D eigenvalue weighted by atomic mass is 10.1. The number of nitrogens with zero attached hydrogens (tertiary/aromatic N) is 2. The van der Waals surface area contributed by atoms with E-state index in [0.29, 0.717) is 47.2 Å². The highest BCUT2D eigenvalue weighted by Gasteiger charge is 2.37. The summed E-state index contributed by atoms with van der Waals surface area (Å²) in [6.07, 6.45) is 2.37. The van der Waals surface area contributed by atoms with Gasteiger partial charge in [0, 0.05) is 30.8 Å². The summed E-state index contributed by atoms with van der Waals surface area (Å²) in [4.78, 5) is 43.8. The Morgan fingerprint density at radius 2 is 1.84 bits per heavy atom. The van der Waals surface area contributed by atoms with Crippen molar-refractivity contribution < 1.29 is 28.6 Å². The summed E-state index contributed by atoms with van der Waals surface area (Å²) in [5.41, 5.74) is 4.12. The van der Waals surface area contributed by atoms with Gasteiger partial charge < -0.3 is 19.5 Å². The van der Waals surface area contributed by atoms with Crippen LogP contribution >= 0.6 is 0 Å². The minimum Gasteiger partial charge on any atom is -0.493 e. The Labute approximate surface area is 220 Å². The van der Waals surface area contributed by atoms with Crippen molar-refractivity contribution in [2.24, 2.45) is 4.99 Å². The van der Waals surface area contributed by atoms with Gasteiger partial charge in [-0.2, -0.15) is 0 Å². The largest absolute Gasteiger partial charge is 0.493 e. The molecule has 2 aliphatic rings. The smallest absolute Gasteiger partial charge is 0.306 e. The van der Waals surface area contributed by atoms with Gasteiger partial charge in [0.05, 0.1) is 43.6 Å². The molecule has 9 nitrogen and oxygen atoms in total. The number of esters is 1. The Morgan fingerprint density at radius 3 is 2.61 bits per heavy atom. The zero-order chi connectivity index (χ0) is 26.6. The highest BCUT2D eigenvalue weighted by atomic mass is 16.5. The van der Waals surface area contributed by atoms with E-state index in [1.165, 1.54) is 14.2 Å². The first-order chi connectivity index (χ1) is 18.5. The minimum atomic E-state index is -0.450. The molecule has 1 unspecified atom stereocenters. The SMILES string of the molecule is COC(=O)CCC(=O)Nc1ccc2c(c1)N1C(=O)c3cc(OC)c(OCc4ccccc4)cc3N=CC1C2. The van der Waals surface area contributed by atoms with E-state index in [0.717, 1.165) is 11.1 Å². The molecule has 9 heteroatoms. The van der Waals surface area contributed by atoms with Gasteiger partial charge in [-0.25, -0.2) is 0 Å². The molecule has 0 fully saturated rings. The number of hydrogen-bond donors (Lipinski definition) is 1. The predicted molar refractivity (Wildman–Crippen MR) is 143 cm³/mol. The molecule has 38 heavy (non-hydrogen) atoms. The first kappa shape index (κ1) is 25.0. The maximum absolute atomic E-state index is 13.8.